The first-order valence-corrected chi connectivity index (χ1v) is 7.53. The molecule has 0 bridgehead atoms. The van der Waals surface area contributed by atoms with Crippen LogP contribution in [0.25, 0.3) is 0 Å². The van der Waals surface area contributed by atoms with Gasteiger partial charge in [0.2, 0.25) is 0 Å². The molecule has 0 aliphatic heterocycles. The molecule has 0 aliphatic carbocycles. The van der Waals surface area contributed by atoms with Crippen LogP contribution in [-0.4, -0.2) is 40.5 Å². The second-order valence-electron chi connectivity index (χ2n) is 5.16. The number of carbonyl (C=O) groups is 1. The van der Waals surface area contributed by atoms with Crippen LogP contribution in [0.5, 0.6) is 11.5 Å². The lowest BCUT2D eigenvalue weighted by molar-refractivity contribution is -0.110. The number of Topliss-reactive ketones (excluding diaryl/α,β-unsaturated/α-hetero) is 1. The third-order valence-electron chi connectivity index (χ3n) is 3.85. The summed E-state index contributed by atoms with van der Waals surface area (Å²) in [6, 6.07) is 14.5. The summed E-state index contributed by atoms with van der Waals surface area (Å²) in [6.07, 6.45) is -0.702. The highest BCUT2D eigenvalue weighted by molar-refractivity contribution is 6.03. The average Bonchev–Trinajstić information content (AvgIpc) is 2.65. The molecule has 0 saturated carbocycles. The topological polar surface area (TPSA) is 54.0 Å². The van der Waals surface area contributed by atoms with E-state index >= 15 is 0 Å². The number of ether oxygens (including phenoxy) is 4. The van der Waals surface area contributed by atoms with Gasteiger partial charge in [-0.15, -0.1) is 0 Å². The standard InChI is InChI=1S/C19H22O5/c1-21-14-10-11-15(16(12-14)22-2)18(20)17(19(23-3)24-4)13-8-6-5-7-9-13/h5-12,17,19H,1-4H3. The molecule has 1 unspecified atom stereocenters. The Balaban J connectivity index is 2.49. The molecule has 5 nitrogen and oxygen atoms in total. The van der Waals surface area contributed by atoms with Gasteiger partial charge in [0.05, 0.1) is 25.7 Å². The average molecular weight is 330 g/mol. The van der Waals surface area contributed by atoms with E-state index in [1.54, 1.807) is 25.3 Å². The Morgan fingerprint density at radius 1 is 0.875 bits per heavy atom. The SMILES string of the molecule is COc1ccc(C(=O)C(c2ccccc2)C(OC)OC)c(OC)c1. The molecule has 0 spiro atoms. The third kappa shape index (κ3) is 3.75. The van der Waals surface area contributed by atoms with Gasteiger partial charge in [-0.05, 0) is 17.7 Å². The zero-order valence-electron chi connectivity index (χ0n) is 14.3. The van der Waals surface area contributed by atoms with Gasteiger partial charge in [0.15, 0.2) is 12.1 Å². The van der Waals surface area contributed by atoms with Crippen LogP contribution in [0.3, 0.4) is 0 Å². The van der Waals surface area contributed by atoms with E-state index in [0.717, 1.165) is 5.56 Å². The molecule has 0 saturated heterocycles. The summed E-state index contributed by atoms with van der Waals surface area (Å²) < 4.78 is 21.3. The minimum absolute atomic E-state index is 0.144. The van der Waals surface area contributed by atoms with E-state index in [1.165, 1.54) is 21.3 Å². The zero-order valence-corrected chi connectivity index (χ0v) is 14.3. The van der Waals surface area contributed by atoms with Crippen molar-refractivity contribution in [1.82, 2.24) is 0 Å². The van der Waals surface area contributed by atoms with E-state index in [2.05, 4.69) is 0 Å². The molecule has 0 aromatic heterocycles. The molecular weight excluding hydrogens is 308 g/mol. The maximum Gasteiger partial charge on any atom is 0.179 e. The highest BCUT2D eigenvalue weighted by Gasteiger charge is 2.32. The van der Waals surface area contributed by atoms with Crippen molar-refractivity contribution in [1.29, 1.82) is 0 Å². The Bertz CT molecular complexity index is 665. The van der Waals surface area contributed by atoms with Crippen molar-refractivity contribution in [2.45, 2.75) is 12.2 Å². The first kappa shape index (κ1) is 18.0. The van der Waals surface area contributed by atoms with Crippen molar-refractivity contribution in [3.05, 3.63) is 59.7 Å². The monoisotopic (exact) mass is 330 g/mol. The minimum Gasteiger partial charge on any atom is -0.497 e. The fourth-order valence-corrected chi connectivity index (χ4v) is 2.63. The molecule has 0 heterocycles. The van der Waals surface area contributed by atoms with Gasteiger partial charge in [0.25, 0.3) is 0 Å². The van der Waals surface area contributed by atoms with E-state index in [1.807, 2.05) is 30.3 Å². The van der Waals surface area contributed by atoms with Crippen LogP contribution in [-0.2, 0) is 9.47 Å². The van der Waals surface area contributed by atoms with E-state index in [9.17, 15) is 4.79 Å². The van der Waals surface area contributed by atoms with Gasteiger partial charge in [-0.3, -0.25) is 4.79 Å². The fourth-order valence-electron chi connectivity index (χ4n) is 2.63. The van der Waals surface area contributed by atoms with Crippen LogP contribution in [0.15, 0.2) is 48.5 Å². The molecule has 2 aromatic rings. The summed E-state index contributed by atoms with van der Waals surface area (Å²) in [6.45, 7) is 0. The maximum absolute atomic E-state index is 13.2. The molecule has 2 rings (SSSR count). The van der Waals surface area contributed by atoms with E-state index in [4.69, 9.17) is 18.9 Å². The molecule has 0 aliphatic rings. The number of ketones is 1. The van der Waals surface area contributed by atoms with Crippen molar-refractivity contribution in [2.24, 2.45) is 0 Å². The smallest absolute Gasteiger partial charge is 0.179 e. The molecule has 0 amide bonds. The molecule has 1 atom stereocenters. The van der Waals surface area contributed by atoms with Crippen LogP contribution in [0, 0.1) is 0 Å². The molecular formula is C19H22O5. The Morgan fingerprint density at radius 3 is 2.08 bits per heavy atom. The van der Waals surface area contributed by atoms with Gasteiger partial charge in [-0.2, -0.15) is 0 Å². The molecule has 0 N–H and O–H groups in total. The van der Waals surface area contributed by atoms with Crippen molar-refractivity contribution >= 4 is 5.78 Å². The van der Waals surface area contributed by atoms with E-state index in [-0.39, 0.29) is 5.78 Å². The lowest BCUT2D eigenvalue weighted by Gasteiger charge is -2.25. The molecule has 5 heteroatoms. The van der Waals surface area contributed by atoms with Gasteiger partial charge in [-0.25, -0.2) is 0 Å². The van der Waals surface area contributed by atoms with Crippen LogP contribution in [0.2, 0.25) is 0 Å². The normalized spacial score (nSPS) is 12.0. The molecule has 2 aromatic carbocycles. The Hall–Kier alpha value is -2.37. The van der Waals surface area contributed by atoms with Crippen LogP contribution in [0.4, 0.5) is 0 Å². The summed E-state index contributed by atoms with van der Waals surface area (Å²) in [4.78, 5) is 13.2. The van der Waals surface area contributed by atoms with Gasteiger partial charge in [0.1, 0.15) is 11.5 Å². The summed E-state index contributed by atoms with van der Waals surface area (Å²) in [7, 11) is 6.12. The molecule has 24 heavy (non-hydrogen) atoms. The number of hydrogen-bond donors (Lipinski definition) is 0. The van der Waals surface area contributed by atoms with Gasteiger partial charge in [-0.1, -0.05) is 30.3 Å². The minimum atomic E-state index is -0.702. The van der Waals surface area contributed by atoms with Gasteiger partial charge >= 0.3 is 0 Å². The summed E-state index contributed by atoms with van der Waals surface area (Å²) in [5.41, 5.74) is 1.26. The summed E-state index contributed by atoms with van der Waals surface area (Å²) in [5, 5.41) is 0. The molecule has 128 valence electrons. The van der Waals surface area contributed by atoms with Crippen LogP contribution < -0.4 is 9.47 Å². The van der Waals surface area contributed by atoms with Crippen molar-refractivity contribution < 1.29 is 23.7 Å². The lowest BCUT2D eigenvalue weighted by atomic mass is 9.89. The first-order valence-electron chi connectivity index (χ1n) is 7.53. The Kier molecular flexibility index (Phi) is 6.35. The highest BCUT2D eigenvalue weighted by atomic mass is 16.7. The predicted molar refractivity (Wildman–Crippen MR) is 90.9 cm³/mol. The third-order valence-corrected chi connectivity index (χ3v) is 3.85. The van der Waals surface area contributed by atoms with Crippen molar-refractivity contribution in [2.75, 3.05) is 28.4 Å². The Labute approximate surface area is 142 Å². The van der Waals surface area contributed by atoms with Crippen LogP contribution in [0.1, 0.15) is 21.8 Å². The predicted octanol–water partition coefficient (Wildman–Crippen LogP) is 3.29. The molecule has 0 radical (unpaired) electrons. The fraction of sp³-hybridized carbons (Fsp3) is 0.316. The largest absolute Gasteiger partial charge is 0.497 e. The maximum atomic E-state index is 13.2. The van der Waals surface area contributed by atoms with Gasteiger partial charge < -0.3 is 18.9 Å². The number of rotatable bonds is 8. The van der Waals surface area contributed by atoms with Crippen molar-refractivity contribution in [3.8, 4) is 11.5 Å². The van der Waals surface area contributed by atoms with Crippen LogP contribution >= 0.6 is 0 Å². The molecule has 0 fully saturated rings. The van der Waals surface area contributed by atoms with E-state index in [0.29, 0.717) is 17.1 Å². The van der Waals surface area contributed by atoms with E-state index < -0.39 is 12.2 Å². The Morgan fingerprint density at radius 2 is 1.54 bits per heavy atom. The summed E-state index contributed by atoms with van der Waals surface area (Å²) >= 11 is 0. The second kappa shape index (κ2) is 8.47. The first-order chi connectivity index (χ1) is 11.7. The number of carbonyl (C=O) groups excluding carboxylic acids is 1. The second-order valence-corrected chi connectivity index (χ2v) is 5.16. The number of methoxy groups -OCH3 is 4. The summed E-state index contributed by atoms with van der Waals surface area (Å²) in [5.74, 6) is 0.318. The lowest BCUT2D eigenvalue weighted by Crippen LogP contribution is -2.30. The van der Waals surface area contributed by atoms with Gasteiger partial charge in [0, 0.05) is 20.3 Å². The zero-order chi connectivity index (χ0) is 17.5. The highest BCUT2D eigenvalue weighted by Crippen LogP contribution is 2.32. The van der Waals surface area contributed by atoms with Crippen molar-refractivity contribution in [3.63, 3.8) is 0 Å². The number of hydrogen-bond acceptors (Lipinski definition) is 5. The quantitative estimate of drug-likeness (QED) is 0.549. The number of benzene rings is 2.